The van der Waals surface area contributed by atoms with Gasteiger partial charge in [0.15, 0.2) is 0 Å². The topological polar surface area (TPSA) is 78.4 Å². The molecule has 0 spiro atoms. The van der Waals surface area contributed by atoms with Gasteiger partial charge in [0.25, 0.3) is 0 Å². The number of carboxylic acids is 1. The number of benzene rings is 1. The summed E-state index contributed by atoms with van der Waals surface area (Å²) in [7, 11) is 0. The zero-order chi connectivity index (χ0) is 15.0. The van der Waals surface area contributed by atoms with Crippen molar-refractivity contribution in [3.63, 3.8) is 0 Å². The summed E-state index contributed by atoms with van der Waals surface area (Å²) in [4.78, 5) is 22.0. The van der Waals surface area contributed by atoms with Gasteiger partial charge in [0.1, 0.15) is 0 Å². The number of amides is 2. The molecule has 0 radical (unpaired) electrons. The Morgan fingerprint density at radius 1 is 1.20 bits per heavy atom. The summed E-state index contributed by atoms with van der Waals surface area (Å²) in [5.41, 5.74) is 2.23. The zero-order valence-electron chi connectivity index (χ0n) is 12.0. The Hall–Kier alpha value is -2.04. The second-order valence-electron chi connectivity index (χ2n) is 5.09. The number of hydrogen-bond acceptors (Lipinski definition) is 2. The maximum absolute atomic E-state index is 11.6. The van der Waals surface area contributed by atoms with Crippen LogP contribution >= 0.6 is 0 Å². The van der Waals surface area contributed by atoms with E-state index in [0.717, 1.165) is 5.56 Å². The minimum atomic E-state index is -0.805. The molecule has 0 bridgehead atoms. The van der Waals surface area contributed by atoms with E-state index >= 15 is 0 Å². The third-order valence-electron chi connectivity index (χ3n) is 3.04. The maximum Gasteiger partial charge on any atom is 0.315 e. The highest BCUT2D eigenvalue weighted by molar-refractivity contribution is 5.73. The highest BCUT2D eigenvalue weighted by atomic mass is 16.4. The van der Waals surface area contributed by atoms with Gasteiger partial charge in [-0.25, -0.2) is 4.79 Å². The number of rotatable bonds is 7. The van der Waals surface area contributed by atoms with Gasteiger partial charge in [-0.2, -0.15) is 0 Å². The van der Waals surface area contributed by atoms with Crippen molar-refractivity contribution in [1.82, 2.24) is 10.6 Å². The fourth-order valence-corrected chi connectivity index (χ4v) is 1.69. The monoisotopic (exact) mass is 278 g/mol. The number of aliphatic carboxylic acids is 1. The summed E-state index contributed by atoms with van der Waals surface area (Å²) in [5.74, 6) is -0.656. The Morgan fingerprint density at radius 2 is 1.85 bits per heavy atom. The second kappa shape index (κ2) is 8.19. The molecule has 110 valence electrons. The van der Waals surface area contributed by atoms with Crippen LogP contribution in [0, 0.1) is 12.8 Å². The van der Waals surface area contributed by atoms with Gasteiger partial charge in [0, 0.05) is 19.5 Å². The summed E-state index contributed by atoms with van der Waals surface area (Å²) in [6.07, 6.45) is 0.696. The fourth-order valence-electron chi connectivity index (χ4n) is 1.69. The van der Waals surface area contributed by atoms with Crippen LogP contribution in [0.4, 0.5) is 4.79 Å². The third kappa shape index (κ3) is 6.78. The number of nitrogens with one attached hydrogen (secondary N) is 2. The summed E-state index contributed by atoms with van der Waals surface area (Å²) in [5, 5.41) is 14.1. The van der Waals surface area contributed by atoms with Crippen molar-refractivity contribution in [2.24, 2.45) is 5.92 Å². The average molecular weight is 278 g/mol. The average Bonchev–Trinajstić information content (AvgIpc) is 2.42. The molecule has 1 aromatic carbocycles. The molecule has 0 saturated carbocycles. The van der Waals surface area contributed by atoms with Gasteiger partial charge < -0.3 is 15.7 Å². The van der Waals surface area contributed by atoms with E-state index in [1.165, 1.54) is 5.56 Å². The first-order chi connectivity index (χ1) is 9.47. The minimum absolute atomic E-state index is 0.133. The Balaban J connectivity index is 2.20. The lowest BCUT2D eigenvalue weighted by molar-refractivity contribution is -0.137. The van der Waals surface area contributed by atoms with Gasteiger partial charge in [-0.15, -0.1) is 0 Å². The molecular formula is C15H22N2O3. The van der Waals surface area contributed by atoms with Gasteiger partial charge in [-0.05, 0) is 24.8 Å². The number of aryl methyl sites for hydroxylation is 1. The van der Waals surface area contributed by atoms with Gasteiger partial charge >= 0.3 is 12.0 Å². The Bertz CT molecular complexity index is 443. The molecule has 0 fully saturated rings. The molecule has 0 aliphatic rings. The van der Waals surface area contributed by atoms with E-state index in [1.54, 1.807) is 0 Å². The van der Waals surface area contributed by atoms with Crippen LogP contribution in [-0.2, 0) is 11.3 Å². The summed E-state index contributed by atoms with van der Waals surface area (Å²) >= 11 is 0. The normalized spacial score (nSPS) is 11.7. The van der Waals surface area contributed by atoms with E-state index in [9.17, 15) is 9.59 Å². The molecule has 5 nitrogen and oxygen atoms in total. The van der Waals surface area contributed by atoms with E-state index in [4.69, 9.17) is 5.11 Å². The van der Waals surface area contributed by atoms with Gasteiger partial charge in [-0.3, -0.25) is 4.79 Å². The Morgan fingerprint density at radius 3 is 2.45 bits per heavy atom. The number of hydrogen-bond donors (Lipinski definition) is 3. The highest BCUT2D eigenvalue weighted by Gasteiger charge is 2.07. The van der Waals surface area contributed by atoms with Crippen molar-refractivity contribution < 1.29 is 14.7 Å². The molecule has 0 aliphatic heterocycles. The van der Waals surface area contributed by atoms with E-state index in [0.29, 0.717) is 19.5 Å². The van der Waals surface area contributed by atoms with Crippen LogP contribution in [0.15, 0.2) is 24.3 Å². The lowest BCUT2D eigenvalue weighted by Gasteiger charge is -2.12. The maximum atomic E-state index is 11.6. The first-order valence-electron chi connectivity index (χ1n) is 6.76. The molecule has 1 rings (SSSR count). The SMILES string of the molecule is Cc1ccc(CNC(=O)NCC(C)CCC(=O)O)cc1. The van der Waals surface area contributed by atoms with Gasteiger partial charge in [0.05, 0.1) is 0 Å². The molecule has 20 heavy (non-hydrogen) atoms. The van der Waals surface area contributed by atoms with Crippen LogP contribution in [-0.4, -0.2) is 23.7 Å². The van der Waals surface area contributed by atoms with Crippen LogP contribution < -0.4 is 10.6 Å². The van der Waals surface area contributed by atoms with Crippen molar-refractivity contribution >= 4 is 12.0 Å². The van der Waals surface area contributed by atoms with E-state index < -0.39 is 5.97 Å². The number of carbonyl (C=O) groups is 2. The predicted octanol–water partition coefficient (Wildman–Crippen LogP) is 2.30. The lowest BCUT2D eigenvalue weighted by Crippen LogP contribution is -2.37. The number of urea groups is 1. The second-order valence-corrected chi connectivity index (χ2v) is 5.09. The molecule has 2 amide bonds. The molecule has 0 aromatic heterocycles. The summed E-state index contributed by atoms with van der Waals surface area (Å²) in [6, 6.07) is 7.73. The van der Waals surface area contributed by atoms with Crippen LogP contribution in [0.2, 0.25) is 0 Å². The van der Waals surface area contributed by atoms with Gasteiger partial charge in [-0.1, -0.05) is 36.8 Å². The highest BCUT2D eigenvalue weighted by Crippen LogP contribution is 2.04. The molecule has 0 saturated heterocycles. The largest absolute Gasteiger partial charge is 0.481 e. The zero-order valence-corrected chi connectivity index (χ0v) is 12.0. The van der Waals surface area contributed by atoms with Crippen molar-refractivity contribution in [3.05, 3.63) is 35.4 Å². The van der Waals surface area contributed by atoms with E-state index in [2.05, 4.69) is 10.6 Å². The van der Waals surface area contributed by atoms with Crippen LogP contribution in [0.1, 0.15) is 30.9 Å². The predicted molar refractivity (Wildman–Crippen MR) is 77.5 cm³/mol. The molecule has 3 N–H and O–H groups in total. The van der Waals surface area contributed by atoms with Crippen LogP contribution in [0.3, 0.4) is 0 Å². The molecular weight excluding hydrogens is 256 g/mol. The van der Waals surface area contributed by atoms with E-state index in [1.807, 2.05) is 38.1 Å². The van der Waals surface area contributed by atoms with Crippen LogP contribution in [0.5, 0.6) is 0 Å². The van der Waals surface area contributed by atoms with Crippen LogP contribution in [0.25, 0.3) is 0 Å². The Kier molecular flexibility index (Phi) is 6.56. The number of carboxylic acid groups (broad SMARTS) is 1. The molecule has 1 atom stereocenters. The summed E-state index contributed by atoms with van der Waals surface area (Å²) in [6.45, 7) is 4.90. The first-order valence-corrected chi connectivity index (χ1v) is 6.76. The summed E-state index contributed by atoms with van der Waals surface area (Å²) < 4.78 is 0. The quantitative estimate of drug-likeness (QED) is 0.716. The van der Waals surface area contributed by atoms with Gasteiger partial charge in [0.2, 0.25) is 0 Å². The van der Waals surface area contributed by atoms with E-state index in [-0.39, 0.29) is 18.4 Å². The van der Waals surface area contributed by atoms with Crippen molar-refractivity contribution in [2.75, 3.05) is 6.54 Å². The number of carbonyl (C=O) groups excluding carboxylic acids is 1. The fraction of sp³-hybridized carbons (Fsp3) is 0.467. The lowest BCUT2D eigenvalue weighted by atomic mass is 10.1. The van der Waals surface area contributed by atoms with Crippen molar-refractivity contribution in [1.29, 1.82) is 0 Å². The molecule has 5 heteroatoms. The Labute approximate surface area is 119 Å². The molecule has 1 unspecified atom stereocenters. The third-order valence-corrected chi connectivity index (χ3v) is 3.04. The minimum Gasteiger partial charge on any atom is -0.481 e. The molecule has 0 heterocycles. The van der Waals surface area contributed by atoms with Crippen molar-refractivity contribution in [2.45, 2.75) is 33.2 Å². The molecule has 0 aliphatic carbocycles. The smallest absolute Gasteiger partial charge is 0.315 e. The standard InChI is InChI=1S/C15H22N2O3/c1-11-3-6-13(7-4-11)10-17-15(20)16-9-12(2)5-8-14(18)19/h3-4,6-7,12H,5,8-10H2,1-2H3,(H,18,19)(H2,16,17,20). The molecule has 1 aromatic rings. The van der Waals surface area contributed by atoms with Crippen molar-refractivity contribution in [3.8, 4) is 0 Å². The first kappa shape index (κ1) is 16.0.